The van der Waals surface area contributed by atoms with Gasteiger partial charge in [-0.1, -0.05) is 6.08 Å². The molecule has 1 atom stereocenters. The SMILES string of the molecule is C=CCOC(C)C(=O)OCC(=O)c1ccc(N2CCCC2=O)cc1. The minimum Gasteiger partial charge on any atom is -0.455 e. The maximum Gasteiger partial charge on any atom is 0.335 e. The maximum atomic E-state index is 12.1. The molecule has 24 heavy (non-hydrogen) atoms. The summed E-state index contributed by atoms with van der Waals surface area (Å²) in [5.74, 6) is -0.806. The van der Waals surface area contributed by atoms with Crippen LogP contribution in [0.4, 0.5) is 5.69 Å². The molecular formula is C18H21NO5. The Morgan fingerprint density at radius 3 is 2.62 bits per heavy atom. The summed E-state index contributed by atoms with van der Waals surface area (Å²) in [5.41, 5.74) is 1.20. The summed E-state index contributed by atoms with van der Waals surface area (Å²) in [4.78, 5) is 37.1. The first-order valence-corrected chi connectivity index (χ1v) is 7.85. The quantitative estimate of drug-likeness (QED) is 0.414. The molecule has 0 bridgehead atoms. The van der Waals surface area contributed by atoms with Crippen molar-refractivity contribution in [3.05, 3.63) is 42.5 Å². The lowest BCUT2D eigenvalue weighted by molar-refractivity contribution is -0.154. The average Bonchev–Trinajstić information content (AvgIpc) is 3.03. The zero-order chi connectivity index (χ0) is 17.5. The lowest BCUT2D eigenvalue weighted by atomic mass is 10.1. The predicted molar refractivity (Wildman–Crippen MR) is 88.9 cm³/mol. The van der Waals surface area contributed by atoms with Gasteiger partial charge >= 0.3 is 5.97 Å². The molecule has 1 aliphatic heterocycles. The number of ketones is 1. The lowest BCUT2D eigenvalue weighted by Gasteiger charge is -2.15. The van der Waals surface area contributed by atoms with Crippen molar-refractivity contribution in [1.29, 1.82) is 0 Å². The van der Waals surface area contributed by atoms with Crippen LogP contribution < -0.4 is 4.90 Å². The van der Waals surface area contributed by atoms with Gasteiger partial charge in [0.2, 0.25) is 5.91 Å². The zero-order valence-corrected chi connectivity index (χ0v) is 13.7. The van der Waals surface area contributed by atoms with E-state index in [-0.39, 0.29) is 24.9 Å². The highest BCUT2D eigenvalue weighted by molar-refractivity contribution is 5.99. The maximum absolute atomic E-state index is 12.1. The number of benzene rings is 1. The van der Waals surface area contributed by atoms with Gasteiger partial charge < -0.3 is 14.4 Å². The summed E-state index contributed by atoms with van der Waals surface area (Å²) in [6, 6.07) is 6.73. The summed E-state index contributed by atoms with van der Waals surface area (Å²) < 4.78 is 10.1. The Balaban J connectivity index is 1.87. The third kappa shape index (κ3) is 4.52. The van der Waals surface area contributed by atoms with Gasteiger partial charge in [0.25, 0.3) is 0 Å². The molecule has 6 nitrogen and oxygen atoms in total. The van der Waals surface area contributed by atoms with Crippen LogP contribution in [-0.4, -0.2) is 43.5 Å². The second-order valence-electron chi connectivity index (χ2n) is 5.49. The number of esters is 1. The van der Waals surface area contributed by atoms with Crippen molar-refractivity contribution in [3.63, 3.8) is 0 Å². The van der Waals surface area contributed by atoms with E-state index < -0.39 is 12.1 Å². The molecule has 1 saturated heterocycles. The van der Waals surface area contributed by atoms with Gasteiger partial charge in [0.05, 0.1) is 6.61 Å². The summed E-state index contributed by atoms with van der Waals surface area (Å²) in [6.07, 6.45) is 2.19. The van der Waals surface area contributed by atoms with E-state index >= 15 is 0 Å². The van der Waals surface area contributed by atoms with E-state index in [1.807, 2.05) is 0 Å². The first-order valence-electron chi connectivity index (χ1n) is 7.85. The summed E-state index contributed by atoms with van der Waals surface area (Å²) in [7, 11) is 0. The Hall–Kier alpha value is -2.47. The Morgan fingerprint density at radius 1 is 1.33 bits per heavy atom. The number of rotatable bonds is 8. The number of amides is 1. The number of nitrogens with zero attached hydrogens (tertiary/aromatic N) is 1. The highest BCUT2D eigenvalue weighted by Gasteiger charge is 2.22. The van der Waals surface area contributed by atoms with E-state index in [0.717, 1.165) is 12.1 Å². The molecule has 1 amide bonds. The van der Waals surface area contributed by atoms with Crippen molar-refractivity contribution in [2.45, 2.75) is 25.9 Å². The number of ether oxygens (including phenoxy) is 2. The van der Waals surface area contributed by atoms with Gasteiger partial charge in [0, 0.05) is 24.2 Å². The topological polar surface area (TPSA) is 72.9 Å². The van der Waals surface area contributed by atoms with E-state index in [1.54, 1.807) is 36.1 Å². The van der Waals surface area contributed by atoms with Crippen LogP contribution in [0.25, 0.3) is 0 Å². The van der Waals surface area contributed by atoms with Crippen LogP contribution >= 0.6 is 0 Å². The third-order valence-electron chi connectivity index (χ3n) is 3.72. The Kier molecular flexibility index (Phi) is 6.26. The van der Waals surface area contributed by atoms with Crippen molar-refractivity contribution < 1.29 is 23.9 Å². The van der Waals surface area contributed by atoms with Crippen LogP contribution in [0, 0.1) is 0 Å². The minimum absolute atomic E-state index is 0.0940. The fourth-order valence-corrected chi connectivity index (χ4v) is 2.37. The summed E-state index contributed by atoms with van der Waals surface area (Å²) in [6.45, 7) is 5.64. The second-order valence-corrected chi connectivity index (χ2v) is 5.49. The minimum atomic E-state index is -0.751. The van der Waals surface area contributed by atoms with Crippen molar-refractivity contribution in [2.75, 3.05) is 24.7 Å². The van der Waals surface area contributed by atoms with Crippen molar-refractivity contribution in [1.82, 2.24) is 0 Å². The molecule has 1 aromatic rings. The number of hydrogen-bond donors (Lipinski definition) is 0. The van der Waals surface area contributed by atoms with E-state index in [1.165, 1.54) is 6.08 Å². The molecule has 1 aromatic carbocycles. The molecule has 1 heterocycles. The molecule has 1 unspecified atom stereocenters. The number of Topliss-reactive ketones (excluding diaryl/α,β-unsaturated/α-hetero) is 1. The predicted octanol–water partition coefficient (Wildman–Crippen LogP) is 2.13. The Labute approximate surface area is 141 Å². The third-order valence-corrected chi connectivity index (χ3v) is 3.72. The van der Waals surface area contributed by atoms with Gasteiger partial charge in [-0.15, -0.1) is 6.58 Å². The molecule has 2 rings (SSSR count). The van der Waals surface area contributed by atoms with Gasteiger partial charge in [0.15, 0.2) is 18.5 Å². The number of carbonyl (C=O) groups is 3. The van der Waals surface area contributed by atoms with Crippen LogP contribution in [0.3, 0.4) is 0 Å². The molecule has 6 heteroatoms. The average molecular weight is 331 g/mol. The van der Waals surface area contributed by atoms with Gasteiger partial charge in [-0.2, -0.15) is 0 Å². The Bertz CT molecular complexity index is 623. The van der Waals surface area contributed by atoms with Gasteiger partial charge in [-0.3, -0.25) is 9.59 Å². The van der Waals surface area contributed by atoms with Gasteiger partial charge in [-0.05, 0) is 37.6 Å². The smallest absolute Gasteiger partial charge is 0.335 e. The summed E-state index contributed by atoms with van der Waals surface area (Å²) in [5, 5.41) is 0. The monoisotopic (exact) mass is 331 g/mol. The highest BCUT2D eigenvalue weighted by atomic mass is 16.6. The van der Waals surface area contributed by atoms with E-state index in [2.05, 4.69) is 6.58 Å². The van der Waals surface area contributed by atoms with Crippen molar-refractivity contribution >= 4 is 23.3 Å². The van der Waals surface area contributed by atoms with Gasteiger partial charge in [0.1, 0.15) is 0 Å². The normalized spacial score (nSPS) is 15.2. The Morgan fingerprint density at radius 2 is 2.04 bits per heavy atom. The number of carbonyl (C=O) groups excluding carboxylic acids is 3. The first kappa shape index (κ1) is 17.9. The largest absolute Gasteiger partial charge is 0.455 e. The number of hydrogen-bond acceptors (Lipinski definition) is 5. The van der Waals surface area contributed by atoms with Crippen LogP contribution in [0.15, 0.2) is 36.9 Å². The fourth-order valence-electron chi connectivity index (χ4n) is 2.37. The molecular weight excluding hydrogens is 310 g/mol. The van der Waals surface area contributed by atoms with Gasteiger partial charge in [-0.25, -0.2) is 4.79 Å². The summed E-state index contributed by atoms with van der Waals surface area (Å²) >= 11 is 0. The first-order chi connectivity index (χ1) is 11.5. The molecule has 1 aliphatic rings. The molecule has 0 N–H and O–H groups in total. The lowest BCUT2D eigenvalue weighted by Crippen LogP contribution is -2.26. The highest BCUT2D eigenvalue weighted by Crippen LogP contribution is 2.21. The van der Waals surface area contributed by atoms with Crippen LogP contribution in [-0.2, 0) is 19.1 Å². The van der Waals surface area contributed by atoms with E-state index in [4.69, 9.17) is 9.47 Å². The van der Waals surface area contributed by atoms with Crippen LogP contribution in [0.1, 0.15) is 30.1 Å². The van der Waals surface area contributed by atoms with Crippen molar-refractivity contribution in [3.8, 4) is 0 Å². The molecule has 0 saturated carbocycles. The van der Waals surface area contributed by atoms with Crippen molar-refractivity contribution in [2.24, 2.45) is 0 Å². The van der Waals surface area contributed by atoms with E-state index in [0.29, 0.717) is 18.5 Å². The molecule has 0 aromatic heterocycles. The van der Waals surface area contributed by atoms with E-state index in [9.17, 15) is 14.4 Å². The fraction of sp³-hybridized carbons (Fsp3) is 0.389. The molecule has 0 spiro atoms. The molecule has 0 aliphatic carbocycles. The second kappa shape index (κ2) is 8.40. The zero-order valence-electron chi connectivity index (χ0n) is 13.7. The molecule has 0 radical (unpaired) electrons. The standard InChI is InChI=1S/C18H21NO5/c1-3-11-23-13(2)18(22)24-12-16(20)14-6-8-15(9-7-14)19-10-4-5-17(19)21/h3,6-9,13H,1,4-5,10-12H2,2H3. The molecule has 128 valence electrons. The van der Waals surface area contributed by atoms with Crippen LogP contribution in [0.5, 0.6) is 0 Å². The number of anilines is 1. The van der Waals surface area contributed by atoms with Crippen LogP contribution in [0.2, 0.25) is 0 Å². The molecule has 1 fully saturated rings.